The van der Waals surface area contributed by atoms with Crippen LogP contribution in [0.1, 0.15) is 49.3 Å². The number of nitrogens with zero attached hydrogens (tertiary/aromatic N) is 1. The fourth-order valence-corrected chi connectivity index (χ4v) is 6.47. The summed E-state index contributed by atoms with van der Waals surface area (Å²) < 4.78 is 36.1. The lowest BCUT2D eigenvalue weighted by atomic mass is 9.92. The van der Waals surface area contributed by atoms with Crippen molar-refractivity contribution in [2.75, 3.05) is 6.54 Å². The molecule has 6 heteroatoms. The summed E-state index contributed by atoms with van der Waals surface area (Å²) in [6.07, 6.45) is 4.34. The Morgan fingerprint density at radius 1 is 1.04 bits per heavy atom. The molecule has 1 saturated carbocycles. The molecule has 0 radical (unpaired) electrons. The van der Waals surface area contributed by atoms with Gasteiger partial charge in [0.25, 0.3) is 0 Å². The van der Waals surface area contributed by atoms with Crippen LogP contribution >= 0.6 is 15.9 Å². The molecule has 2 fully saturated rings. The summed E-state index contributed by atoms with van der Waals surface area (Å²) in [7, 11) is -3.62. The Labute approximate surface area is 169 Å². The van der Waals surface area contributed by atoms with E-state index in [1.54, 1.807) is 16.4 Å². The summed E-state index contributed by atoms with van der Waals surface area (Å²) in [4.78, 5) is 0.342. The average molecular weight is 450 g/mol. The van der Waals surface area contributed by atoms with Crippen LogP contribution in [-0.2, 0) is 14.8 Å². The predicted molar refractivity (Wildman–Crippen MR) is 109 cm³/mol. The number of hydrogen-bond donors (Lipinski definition) is 0. The maximum Gasteiger partial charge on any atom is 0.245 e. The first kappa shape index (κ1) is 19.1. The highest BCUT2D eigenvalue weighted by molar-refractivity contribution is 9.10. The molecule has 4 nitrogen and oxygen atoms in total. The van der Waals surface area contributed by atoms with E-state index in [0.29, 0.717) is 11.4 Å². The molecule has 1 aliphatic carbocycles. The van der Waals surface area contributed by atoms with E-state index in [1.807, 2.05) is 43.3 Å². The van der Waals surface area contributed by atoms with Gasteiger partial charge >= 0.3 is 0 Å². The molecule has 1 atom stereocenters. The van der Waals surface area contributed by atoms with Gasteiger partial charge in [-0.3, -0.25) is 0 Å². The van der Waals surface area contributed by atoms with E-state index in [4.69, 9.17) is 4.74 Å². The topological polar surface area (TPSA) is 46.6 Å². The van der Waals surface area contributed by atoms with Gasteiger partial charge in [-0.15, -0.1) is 0 Å². The highest BCUT2D eigenvalue weighted by atomic mass is 79.9. The third kappa shape index (κ3) is 3.48. The van der Waals surface area contributed by atoms with Crippen LogP contribution in [0.25, 0.3) is 0 Å². The van der Waals surface area contributed by atoms with Crippen molar-refractivity contribution in [2.24, 2.45) is 0 Å². The normalized spacial score (nSPS) is 23.0. The van der Waals surface area contributed by atoms with E-state index in [9.17, 15) is 8.42 Å². The van der Waals surface area contributed by atoms with Crippen molar-refractivity contribution in [2.45, 2.75) is 55.8 Å². The number of ether oxygens (including phenoxy) is 1. The molecule has 27 heavy (non-hydrogen) atoms. The first-order chi connectivity index (χ1) is 12.9. The zero-order valence-corrected chi connectivity index (χ0v) is 17.8. The molecule has 1 unspecified atom stereocenters. The lowest BCUT2D eigenvalue weighted by Crippen LogP contribution is -2.49. The van der Waals surface area contributed by atoms with Crippen LogP contribution in [-0.4, -0.2) is 25.0 Å². The number of benzene rings is 2. The van der Waals surface area contributed by atoms with Gasteiger partial charge in [0.05, 0.1) is 11.0 Å². The van der Waals surface area contributed by atoms with E-state index < -0.39 is 15.7 Å². The van der Waals surface area contributed by atoms with E-state index in [2.05, 4.69) is 15.9 Å². The van der Waals surface area contributed by atoms with Crippen LogP contribution in [0.3, 0.4) is 0 Å². The average Bonchev–Trinajstić information content (AvgIpc) is 3.02. The first-order valence-electron chi connectivity index (χ1n) is 9.44. The highest BCUT2D eigenvalue weighted by Crippen LogP contribution is 2.48. The Morgan fingerprint density at radius 2 is 1.70 bits per heavy atom. The number of aryl methyl sites for hydroxylation is 1. The Bertz CT molecular complexity index is 921. The van der Waals surface area contributed by atoms with Crippen LogP contribution in [0, 0.1) is 6.92 Å². The smallest absolute Gasteiger partial charge is 0.245 e. The summed E-state index contributed by atoms with van der Waals surface area (Å²) >= 11 is 3.59. The molecule has 144 valence electrons. The Morgan fingerprint density at radius 3 is 2.37 bits per heavy atom. The lowest BCUT2D eigenvalue weighted by Gasteiger charge is -2.39. The van der Waals surface area contributed by atoms with Crippen molar-refractivity contribution in [3.05, 3.63) is 64.1 Å². The van der Waals surface area contributed by atoms with Crippen LogP contribution < -0.4 is 0 Å². The van der Waals surface area contributed by atoms with Crippen LogP contribution in [0.15, 0.2) is 57.9 Å². The summed E-state index contributed by atoms with van der Waals surface area (Å²) in [5, 5.41) is 0. The third-order valence-electron chi connectivity index (χ3n) is 5.64. The Hall–Kier alpha value is -1.21. The molecule has 1 saturated heterocycles. The number of hydrogen-bond acceptors (Lipinski definition) is 3. The second kappa shape index (κ2) is 7.32. The molecular weight excluding hydrogens is 426 g/mol. The van der Waals surface area contributed by atoms with Gasteiger partial charge in [-0.25, -0.2) is 8.42 Å². The molecule has 2 aromatic carbocycles. The van der Waals surface area contributed by atoms with Crippen LogP contribution in [0.5, 0.6) is 0 Å². The summed E-state index contributed by atoms with van der Waals surface area (Å²) in [6, 6.07) is 15.0. The monoisotopic (exact) mass is 449 g/mol. The Balaban J connectivity index is 1.75. The molecule has 0 N–H and O–H groups in total. The number of rotatable bonds is 3. The van der Waals surface area contributed by atoms with Gasteiger partial charge in [0, 0.05) is 11.0 Å². The lowest BCUT2D eigenvalue weighted by molar-refractivity contribution is -0.103. The number of sulfonamides is 1. The van der Waals surface area contributed by atoms with Gasteiger partial charge < -0.3 is 4.74 Å². The number of halogens is 1. The van der Waals surface area contributed by atoms with Gasteiger partial charge in [-0.1, -0.05) is 58.2 Å². The summed E-state index contributed by atoms with van der Waals surface area (Å²) in [6.45, 7) is 2.31. The molecule has 2 aromatic rings. The zero-order chi connectivity index (χ0) is 19.1. The predicted octanol–water partition coefficient (Wildman–Crippen LogP) is 5.18. The minimum Gasteiger partial charge on any atom is -0.350 e. The van der Waals surface area contributed by atoms with Gasteiger partial charge in [0.1, 0.15) is 5.72 Å². The summed E-state index contributed by atoms with van der Waals surface area (Å²) in [5.41, 5.74) is 1.32. The highest BCUT2D eigenvalue weighted by Gasteiger charge is 2.53. The van der Waals surface area contributed by atoms with E-state index in [-0.39, 0.29) is 6.10 Å². The SMILES string of the molecule is Cc1ccc(S(=O)(=O)N2CC(c3ccccc3Br)OC23CCCCC3)cc1. The molecule has 1 spiro atoms. The molecule has 1 heterocycles. The molecule has 1 aliphatic heterocycles. The van der Waals surface area contributed by atoms with Crippen molar-refractivity contribution in [1.29, 1.82) is 0 Å². The minimum atomic E-state index is -3.62. The fraction of sp³-hybridized carbons (Fsp3) is 0.429. The minimum absolute atomic E-state index is 0.265. The molecule has 2 aliphatic rings. The largest absolute Gasteiger partial charge is 0.350 e. The fourth-order valence-electron chi connectivity index (χ4n) is 4.20. The van der Waals surface area contributed by atoms with E-state index in [0.717, 1.165) is 47.7 Å². The van der Waals surface area contributed by atoms with E-state index >= 15 is 0 Å². The van der Waals surface area contributed by atoms with Gasteiger partial charge in [0.2, 0.25) is 10.0 Å². The van der Waals surface area contributed by atoms with Crippen molar-refractivity contribution >= 4 is 26.0 Å². The van der Waals surface area contributed by atoms with Gasteiger partial charge in [-0.05, 0) is 56.4 Å². The maximum absolute atomic E-state index is 13.5. The second-order valence-corrected chi connectivity index (χ2v) is 10.2. The first-order valence-corrected chi connectivity index (χ1v) is 11.7. The van der Waals surface area contributed by atoms with E-state index in [1.165, 1.54) is 0 Å². The van der Waals surface area contributed by atoms with Crippen molar-refractivity contribution < 1.29 is 13.2 Å². The van der Waals surface area contributed by atoms with Crippen molar-refractivity contribution in [3.8, 4) is 0 Å². The van der Waals surface area contributed by atoms with Crippen LogP contribution in [0.2, 0.25) is 0 Å². The molecule has 0 bridgehead atoms. The molecule has 0 amide bonds. The Kier molecular flexibility index (Phi) is 5.18. The maximum atomic E-state index is 13.5. The van der Waals surface area contributed by atoms with Crippen LogP contribution in [0.4, 0.5) is 0 Å². The second-order valence-electron chi connectivity index (χ2n) is 7.48. The standard InChI is InChI=1S/C21H24BrNO3S/c1-16-9-11-17(12-10-16)27(24,25)23-15-20(18-7-3-4-8-19(18)22)26-21(23)13-5-2-6-14-21/h3-4,7-12,20H,2,5-6,13-15H2,1H3. The summed E-state index contributed by atoms with van der Waals surface area (Å²) in [5.74, 6) is 0. The molecule has 0 aromatic heterocycles. The van der Waals surface area contributed by atoms with Gasteiger partial charge in [-0.2, -0.15) is 4.31 Å². The van der Waals surface area contributed by atoms with Crippen molar-refractivity contribution in [3.63, 3.8) is 0 Å². The zero-order valence-electron chi connectivity index (χ0n) is 15.4. The quantitative estimate of drug-likeness (QED) is 0.648. The van der Waals surface area contributed by atoms with Gasteiger partial charge in [0.15, 0.2) is 0 Å². The van der Waals surface area contributed by atoms with Crippen molar-refractivity contribution in [1.82, 2.24) is 4.31 Å². The molecule has 4 rings (SSSR count). The third-order valence-corrected chi connectivity index (χ3v) is 8.30. The molecular formula is C21H24BrNO3S.